The Bertz CT molecular complexity index is 447. The Morgan fingerprint density at radius 1 is 1.43 bits per heavy atom. The first-order valence-electron chi connectivity index (χ1n) is 4.42. The molecule has 1 N–H and O–H groups in total. The van der Waals surface area contributed by atoms with Crippen LogP contribution in [-0.2, 0) is 0 Å². The molecule has 0 saturated heterocycles. The van der Waals surface area contributed by atoms with Crippen LogP contribution in [0.25, 0.3) is 17.2 Å². The van der Waals surface area contributed by atoms with E-state index in [2.05, 4.69) is 43.0 Å². The number of nitrogens with one attached hydrogen (secondary N) is 1. The Kier molecular flexibility index (Phi) is 2.93. The fraction of sp³-hybridized carbons (Fsp3) is 0.200. The third-order valence-corrected chi connectivity index (χ3v) is 2.34. The Balaban J connectivity index is 2.25. The summed E-state index contributed by atoms with van der Waals surface area (Å²) in [5.41, 5.74) is 2.84. The Hall–Kier alpha value is -1.16. The van der Waals surface area contributed by atoms with Crippen LogP contribution in [-0.4, -0.2) is 20.3 Å². The lowest BCUT2D eigenvalue weighted by Crippen LogP contribution is -1.79. The first-order chi connectivity index (χ1) is 6.90. The van der Waals surface area contributed by atoms with Gasteiger partial charge in [-0.25, -0.2) is 9.97 Å². The fourth-order valence-electron chi connectivity index (χ4n) is 1.22. The second-order valence-corrected chi connectivity index (χ2v) is 3.72. The lowest BCUT2D eigenvalue weighted by molar-refractivity contribution is 1.27. The molecular weight excluding hydrogens is 242 g/mol. The Morgan fingerprint density at radius 3 is 3.21 bits per heavy atom. The molecule has 2 heterocycles. The lowest BCUT2D eigenvalue weighted by atomic mass is 10.2. The molecule has 0 spiro atoms. The minimum absolute atomic E-state index is 0.766. The van der Waals surface area contributed by atoms with E-state index in [1.54, 1.807) is 6.33 Å². The van der Waals surface area contributed by atoms with Crippen molar-refractivity contribution >= 4 is 33.2 Å². The first-order valence-corrected chi connectivity index (χ1v) is 5.54. The maximum Gasteiger partial charge on any atom is 0.177 e. The zero-order valence-electron chi connectivity index (χ0n) is 7.57. The molecule has 14 heavy (non-hydrogen) atoms. The van der Waals surface area contributed by atoms with Gasteiger partial charge in [-0.15, -0.1) is 0 Å². The predicted molar refractivity (Wildman–Crippen MR) is 61.3 cm³/mol. The number of halogens is 1. The molecule has 3 nitrogen and oxygen atoms in total. The molecule has 0 aliphatic rings. The standard InChI is InChI=1S/C10H10BrN3/c11-4-2-1-3-8-5-9-10(12-6-8)14-7-13-9/h1,3,5-7H,2,4H2,(H,12,13,14). The third kappa shape index (κ3) is 2.01. The predicted octanol–water partition coefficient (Wildman–Crippen LogP) is 2.76. The van der Waals surface area contributed by atoms with Crippen molar-refractivity contribution in [2.45, 2.75) is 6.42 Å². The number of aromatic nitrogens is 3. The summed E-state index contributed by atoms with van der Waals surface area (Å²) in [6.07, 6.45) is 8.70. The highest BCUT2D eigenvalue weighted by Gasteiger charge is 1.96. The maximum absolute atomic E-state index is 4.21. The van der Waals surface area contributed by atoms with E-state index in [4.69, 9.17) is 0 Å². The van der Waals surface area contributed by atoms with E-state index >= 15 is 0 Å². The molecule has 72 valence electrons. The van der Waals surface area contributed by atoms with Crippen LogP contribution >= 0.6 is 15.9 Å². The summed E-state index contributed by atoms with van der Waals surface area (Å²) in [6, 6.07) is 2.04. The van der Waals surface area contributed by atoms with Gasteiger partial charge in [0.1, 0.15) is 0 Å². The van der Waals surface area contributed by atoms with Crippen LogP contribution in [0.2, 0.25) is 0 Å². The van der Waals surface area contributed by atoms with Crippen molar-refractivity contribution in [2.75, 3.05) is 5.33 Å². The second-order valence-electron chi connectivity index (χ2n) is 2.92. The van der Waals surface area contributed by atoms with Gasteiger partial charge in [0.05, 0.1) is 11.8 Å². The van der Waals surface area contributed by atoms with Crippen LogP contribution in [0.5, 0.6) is 0 Å². The normalized spacial score (nSPS) is 11.5. The van der Waals surface area contributed by atoms with Crippen molar-refractivity contribution in [3.8, 4) is 0 Å². The van der Waals surface area contributed by atoms with Crippen molar-refractivity contribution in [1.82, 2.24) is 15.0 Å². The molecule has 0 aromatic carbocycles. The van der Waals surface area contributed by atoms with E-state index in [-0.39, 0.29) is 0 Å². The number of H-pyrrole nitrogens is 1. The summed E-state index contributed by atoms with van der Waals surface area (Å²) in [7, 11) is 0. The van der Waals surface area contributed by atoms with Crippen molar-refractivity contribution in [3.05, 3.63) is 30.2 Å². The number of nitrogens with zero attached hydrogens (tertiary/aromatic N) is 2. The lowest BCUT2D eigenvalue weighted by Gasteiger charge is -1.92. The van der Waals surface area contributed by atoms with Crippen molar-refractivity contribution in [3.63, 3.8) is 0 Å². The molecule has 0 unspecified atom stereocenters. The summed E-state index contributed by atoms with van der Waals surface area (Å²) in [5, 5.41) is 0.989. The molecule has 0 fully saturated rings. The van der Waals surface area contributed by atoms with Crippen molar-refractivity contribution < 1.29 is 0 Å². The van der Waals surface area contributed by atoms with Gasteiger partial charge in [0, 0.05) is 11.5 Å². The topological polar surface area (TPSA) is 41.6 Å². The van der Waals surface area contributed by atoms with Crippen molar-refractivity contribution in [1.29, 1.82) is 0 Å². The quantitative estimate of drug-likeness (QED) is 0.853. The summed E-state index contributed by atoms with van der Waals surface area (Å²) in [4.78, 5) is 11.3. The highest BCUT2D eigenvalue weighted by Crippen LogP contribution is 2.09. The van der Waals surface area contributed by atoms with E-state index in [1.165, 1.54) is 0 Å². The van der Waals surface area contributed by atoms with Gasteiger partial charge in [-0.05, 0) is 18.1 Å². The number of hydrogen-bond acceptors (Lipinski definition) is 2. The number of fused-ring (bicyclic) bond motifs is 1. The van der Waals surface area contributed by atoms with E-state index in [9.17, 15) is 0 Å². The van der Waals surface area contributed by atoms with E-state index in [1.807, 2.05) is 12.3 Å². The van der Waals surface area contributed by atoms with Crippen LogP contribution in [0, 0.1) is 0 Å². The van der Waals surface area contributed by atoms with Gasteiger partial charge >= 0.3 is 0 Å². The molecule has 0 bridgehead atoms. The van der Waals surface area contributed by atoms with E-state index in [0.29, 0.717) is 0 Å². The van der Waals surface area contributed by atoms with Gasteiger partial charge in [-0.3, -0.25) is 0 Å². The highest BCUT2D eigenvalue weighted by atomic mass is 79.9. The zero-order valence-corrected chi connectivity index (χ0v) is 9.16. The largest absolute Gasteiger partial charge is 0.343 e. The molecule has 4 heteroatoms. The van der Waals surface area contributed by atoms with E-state index < -0.39 is 0 Å². The maximum atomic E-state index is 4.21. The van der Waals surface area contributed by atoms with E-state index in [0.717, 1.165) is 28.5 Å². The summed E-state index contributed by atoms with van der Waals surface area (Å²) in [5.74, 6) is 0. The molecule has 0 aliphatic heterocycles. The van der Waals surface area contributed by atoms with Gasteiger partial charge in [0.2, 0.25) is 0 Å². The van der Waals surface area contributed by atoms with Gasteiger partial charge in [-0.1, -0.05) is 28.1 Å². The molecule has 2 aromatic rings. The SMILES string of the molecule is BrCCC=Cc1cnc2nc[nH]c2c1. The van der Waals surface area contributed by atoms with Gasteiger partial charge < -0.3 is 4.98 Å². The summed E-state index contributed by atoms with van der Waals surface area (Å²) < 4.78 is 0. The zero-order chi connectivity index (χ0) is 9.80. The molecule has 0 saturated carbocycles. The monoisotopic (exact) mass is 251 g/mol. The number of aromatic amines is 1. The molecule has 2 rings (SSSR count). The minimum Gasteiger partial charge on any atom is -0.343 e. The third-order valence-electron chi connectivity index (χ3n) is 1.88. The number of hydrogen-bond donors (Lipinski definition) is 1. The van der Waals surface area contributed by atoms with Crippen molar-refractivity contribution in [2.24, 2.45) is 0 Å². The van der Waals surface area contributed by atoms with Gasteiger partial charge in [0.25, 0.3) is 0 Å². The molecule has 0 aliphatic carbocycles. The molecular formula is C10H10BrN3. The number of pyridine rings is 1. The Morgan fingerprint density at radius 2 is 2.36 bits per heavy atom. The number of allylic oxidation sites excluding steroid dienone is 1. The van der Waals surface area contributed by atoms with Crippen LogP contribution in [0.3, 0.4) is 0 Å². The number of alkyl halides is 1. The minimum atomic E-state index is 0.766. The summed E-state index contributed by atoms with van der Waals surface area (Å²) >= 11 is 3.37. The average molecular weight is 252 g/mol. The average Bonchev–Trinajstić information content (AvgIpc) is 2.65. The van der Waals surface area contributed by atoms with Crippen LogP contribution in [0.1, 0.15) is 12.0 Å². The Labute approximate surface area is 90.4 Å². The molecule has 2 aromatic heterocycles. The van der Waals surface area contributed by atoms with Crippen LogP contribution < -0.4 is 0 Å². The number of imidazole rings is 1. The first kappa shape index (κ1) is 9.40. The molecule has 0 radical (unpaired) electrons. The molecule has 0 atom stereocenters. The molecule has 0 amide bonds. The summed E-state index contributed by atoms with van der Waals surface area (Å²) in [6.45, 7) is 0. The highest BCUT2D eigenvalue weighted by molar-refractivity contribution is 9.09. The van der Waals surface area contributed by atoms with Gasteiger partial charge in [0.15, 0.2) is 5.65 Å². The van der Waals surface area contributed by atoms with Gasteiger partial charge in [-0.2, -0.15) is 0 Å². The van der Waals surface area contributed by atoms with Crippen LogP contribution in [0.4, 0.5) is 0 Å². The van der Waals surface area contributed by atoms with Crippen LogP contribution in [0.15, 0.2) is 24.7 Å². The second kappa shape index (κ2) is 4.37. The number of rotatable bonds is 3. The fourth-order valence-corrected chi connectivity index (χ4v) is 1.48. The smallest absolute Gasteiger partial charge is 0.177 e.